The molecule has 0 heterocycles. The topological polar surface area (TPSA) is 54.0 Å². The summed E-state index contributed by atoms with van der Waals surface area (Å²) in [4.78, 5) is 11.8. The van der Waals surface area contributed by atoms with E-state index in [1.165, 1.54) is 0 Å². The zero-order chi connectivity index (χ0) is 20.0. The molecule has 0 bridgehead atoms. The third kappa shape index (κ3) is 12.9. The minimum atomic E-state index is -0.463. The van der Waals surface area contributed by atoms with E-state index in [0.29, 0.717) is 33.0 Å². The first kappa shape index (κ1) is 23.0. The number of carbonyl (C=O) groups excluding carboxylic acids is 1. The van der Waals surface area contributed by atoms with Crippen LogP contribution in [0.25, 0.3) is 0 Å². The first-order chi connectivity index (χ1) is 12.9. The van der Waals surface area contributed by atoms with E-state index in [1.807, 2.05) is 52.0 Å². The van der Waals surface area contributed by atoms with Crippen LogP contribution in [0.5, 0.6) is 5.75 Å². The SMILES string of the molecule is CC#CCCCOCCOCCOc1ccc(CC(=O)OC(C)(C)C)cc1. The standard InChI is InChI=1S/C22H32O5/c1-5-6-7-8-13-24-14-15-25-16-17-26-20-11-9-19(10-12-20)18-21(23)27-22(2,3)4/h9-12H,7-8,13-18H2,1-4H3. The fraction of sp³-hybridized carbons (Fsp3) is 0.591. The molecule has 0 aliphatic rings. The van der Waals surface area contributed by atoms with Gasteiger partial charge in [0.25, 0.3) is 0 Å². The predicted octanol–water partition coefficient (Wildman–Crippen LogP) is 3.79. The van der Waals surface area contributed by atoms with Crippen molar-refractivity contribution in [3.05, 3.63) is 29.8 Å². The number of hydrogen-bond acceptors (Lipinski definition) is 5. The van der Waals surface area contributed by atoms with Gasteiger partial charge in [0.1, 0.15) is 18.0 Å². The highest BCUT2D eigenvalue weighted by Crippen LogP contribution is 2.14. The molecule has 0 saturated carbocycles. The molecule has 0 aromatic heterocycles. The van der Waals surface area contributed by atoms with Gasteiger partial charge in [0.15, 0.2) is 0 Å². The Morgan fingerprint density at radius 2 is 1.59 bits per heavy atom. The molecule has 27 heavy (non-hydrogen) atoms. The van der Waals surface area contributed by atoms with Gasteiger partial charge in [-0.05, 0) is 51.8 Å². The number of carbonyl (C=O) groups is 1. The number of ether oxygens (including phenoxy) is 4. The van der Waals surface area contributed by atoms with Gasteiger partial charge in [-0.25, -0.2) is 0 Å². The molecule has 5 nitrogen and oxygen atoms in total. The summed E-state index contributed by atoms with van der Waals surface area (Å²) in [5.74, 6) is 6.38. The predicted molar refractivity (Wildman–Crippen MR) is 106 cm³/mol. The van der Waals surface area contributed by atoms with Crippen LogP contribution in [-0.4, -0.2) is 44.6 Å². The van der Waals surface area contributed by atoms with Crippen molar-refractivity contribution in [3.63, 3.8) is 0 Å². The van der Waals surface area contributed by atoms with E-state index in [-0.39, 0.29) is 12.4 Å². The number of unbranched alkanes of at least 4 members (excludes halogenated alkanes) is 1. The summed E-state index contributed by atoms with van der Waals surface area (Å²) in [7, 11) is 0. The molecule has 0 N–H and O–H groups in total. The molecule has 5 heteroatoms. The smallest absolute Gasteiger partial charge is 0.310 e. The van der Waals surface area contributed by atoms with E-state index in [0.717, 1.165) is 24.2 Å². The van der Waals surface area contributed by atoms with Crippen molar-refractivity contribution in [1.82, 2.24) is 0 Å². The lowest BCUT2D eigenvalue weighted by Gasteiger charge is -2.19. The minimum absolute atomic E-state index is 0.231. The molecule has 0 unspecified atom stereocenters. The molecule has 1 aromatic rings. The molecule has 0 spiro atoms. The molecular weight excluding hydrogens is 344 g/mol. The lowest BCUT2D eigenvalue weighted by atomic mass is 10.1. The fourth-order valence-corrected chi connectivity index (χ4v) is 2.18. The van der Waals surface area contributed by atoms with Crippen LogP contribution in [0.2, 0.25) is 0 Å². The maximum absolute atomic E-state index is 11.8. The quantitative estimate of drug-likeness (QED) is 0.316. The highest BCUT2D eigenvalue weighted by atomic mass is 16.6. The van der Waals surface area contributed by atoms with E-state index in [2.05, 4.69) is 11.8 Å². The van der Waals surface area contributed by atoms with Gasteiger partial charge in [-0.2, -0.15) is 0 Å². The van der Waals surface area contributed by atoms with E-state index < -0.39 is 5.60 Å². The largest absolute Gasteiger partial charge is 0.491 e. The van der Waals surface area contributed by atoms with Crippen LogP contribution < -0.4 is 4.74 Å². The van der Waals surface area contributed by atoms with Crippen molar-refractivity contribution in [1.29, 1.82) is 0 Å². The summed E-state index contributed by atoms with van der Waals surface area (Å²) < 4.78 is 21.8. The zero-order valence-electron chi connectivity index (χ0n) is 17.0. The summed E-state index contributed by atoms with van der Waals surface area (Å²) in [6.07, 6.45) is 2.08. The van der Waals surface area contributed by atoms with Crippen LogP contribution in [0.3, 0.4) is 0 Å². The second-order valence-electron chi connectivity index (χ2n) is 7.01. The molecule has 1 rings (SSSR count). The number of esters is 1. The van der Waals surface area contributed by atoms with Crippen molar-refractivity contribution in [2.45, 2.75) is 52.6 Å². The van der Waals surface area contributed by atoms with Crippen LogP contribution >= 0.6 is 0 Å². The Morgan fingerprint density at radius 3 is 2.22 bits per heavy atom. The van der Waals surface area contributed by atoms with Crippen molar-refractivity contribution in [2.24, 2.45) is 0 Å². The molecule has 0 aliphatic heterocycles. The van der Waals surface area contributed by atoms with Crippen LogP contribution in [0.4, 0.5) is 0 Å². The van der Waals surface area contributed by atoms with Gasteiger partial charge in [0, 0.05) is 13.0 Å². The fourth-order valence-electron chi connectivity index (χ4n) is 2.18. The highest BCUT2D eigenvalue weighted by Gasteiger charge is 2.16. The van der Waals surface area contributed by atoms with Crippen LogP contribution in [0, 0.1) is 11.8 Å². The van der Waals surface area contributed by atoms with Crippen molar-refractivity contribution in [2.75, 3.05) is 33.0 Å². The Morgan fingerprint density at radius 1 is 0.963 bits per heavy atom. The number of benzene rings is 1. The maximum atomic E-state index is 11.8. The van der Waals surface area contributed by atoms with E-state index in [4.69, 9.17) is 18.9 Å². The minimum Gasteiger partial charge on any atom is -0.491 e. The average molecular weight is 376 g/mol. The Labute approximate surface area is 163 Å². The molecule has 0 saturated heterocycles. The van der Waals surface area contributed by atoms with Gasteiger partial charge in [-0.15, -0.1) is 11.8 Å². The Balaban J connectivity index is 2.09. The Kier molecular flexibility index (Phi) is 11.2. The first-order valence-electron chi connectivity index (χ1n) is 9.39. The third-order valence-corrected chi connectivity index (χ3v) is 3.33. The monoisotopic (exact) mass is 376 g/mol. The Bertz CT molecular complexity index is 590. The maximum Gasteiger partial charge on any atom is 0.310 e. The average Bonchev–Trinajstić information content (AvgIpc) is 2.59. The van der Waals surface area contributed by atoms with Crippen molar-refractivity contribution >= 4 is 5.97 Å². The molecule has 150 valence electrons. The summed E-state index contributed by atoms with van der Waals surface area (Å²) in [5, 5.41) is 0. The van der Waals surface area contributed by atoms with Crippen LogP contribution in [0.1, 0.15) is 46.1 Å². The zero-order valence-corrected chi connectivity index (χ0v) is 17.0. The lowest BCUT2D eigenvalue weighted by molar-refractivity contribution is -0.153. The van der Waals surface area contributed by atoms with Crippen molar-refractivity contribution in [3.8, 4) is 17.6 Å². The second-order valence-corrected chi connectivity index (χ2v) is 7.01. The summed E-state index contributed by atoms with van der Waals surface area (Å²) in [5.41, 5.74) is 0.435. The van der Waals surface area contributed by atoms with Gasteiger partial charge in [0.05, 0.1) is 26.2 Å². The lowest BCUT2D eigenvalue weighted by Crippen LogP contribution is -2.24. The molecule has 0 radical (unpaired) electrons. The van der Waals surface area contributed by atoms with E-state index >= 15 is 0 Å². The van der Waals surface area contributed by atoms with Crippen molar-refractivity contribution < 1.29 is 23.7 Å². The molecule has 1 aromatic carbocycles. The Hall–Kier alpha value is -2.03. The molecule has 0 fully saturated rings. The molecule has 0 amide bonds. The summed E-state index contributed by atoms with van der Waals surface area (Å²) in [6.45, 7) is 10.2. The highest BCUT2D eigenvalue weighted by molar-refractivity contribution is 5.73. The second kappa shape index (κ2) is 13.2. The molecule has 0 atom stereocenters. The van der Waals surface area contributed by atoms with Crippen LogP contribution in [-0.2, 0) is 25.4 Å². The van der Waals surface area contributed by atoms with Gasteiger partial charge in [0.2, 0.25) is 0 Å². The number of hydrogen-bond donors (Lipinski definition) is 0. The normalized spacial score (nSPS) is 10.8. The molecular formula is C22H32O5. The number of rotatable bonds is 12. The third-order valence-electron chi connectivity index (χ3n) is 3.33. The summed E-state index contributed by atoms with van der Waals surface area (Å²) in [6, 6.07) is 7.44. The van der Waals surface area contributed by atoms with E-state index in [9.17, 15) is 4.79 Å². The van der Waals surface area contributed by atoms with Crippen LogP contribution in [0.15, 0.2) is 24.3 Å². The molecule has 0 aliphatic carbocycles. The van der Waals surface area contributed by atoms with Gasteiger partial charge < -0.3 is 18.9 Å². The first-order valence-corrected chi connectivity index (χ1v) is 9.39. The van der Waals surface area contributed by atoms with E-state index in [1.54, 1.807) is 0 Å². The van der Waals surface area contributed by atoms with Gasteiger partial charge >= 0.3 is 5.97 Å². The summed E-state index contributed by atoms with van der Waals surface area (Å²) >= 11 is 0. The van der Waals surface area contributed by atoms with Gasteiger partial charge in [-0.1, -0.05) is 12.1 Å². The van der Waals surface area contributed by atoms with Gasteiger partial charge in [-0.3, -0.25) is 4.79 Å².